The minimum Gasteiger partial charge on any atom is -0.481 e. The molecule has 0 spiro atoms. The van der Waals surface area contributed by atoms with Gasteiger partial charge in [-0.25, -0.2) is 31.1 Å². The van der Waals surface area contributed by atoms with E-state index in [1.807, 2.05) is 32.9 Å². The Kier molecular flexibility index (Phi) is 16.3. The van der Waals surface area contributed by atoms with Crippen molar-refractivity contribution in [3.63, 3.8) is 0 Å². The van der Waals surface area contributed by atoms with Crippen LogP contribution >= 0.6 is 0 Å². The zero-order valence-corrected chi connectivity index (χ0v) is 34.7. The third-order valence-electron chi connectivity index (χ3n) is 9.83. The number of ether oxygens (including phenoxy) is 1. The fraction of sp³-hybridized carbons (Fsp3) is 0.615. The van der Waals surface area contributed by atoms with Crippen LogP contribution in [0.1, 0.15) is 104 Å². The molecule has 2 aliphatic heterocycles. The van der Waals surface area contributed by atoms with Gasteiger partial charge in [0.25, 0.3) is 0 Å². The molecule has 2 aromatic rings. The molecule has 0 aliphatic carbocycles. The summed E-state index contributed by atoms with van der Waals surface area (Å²) in [5, 5.41) is 21.5. The van der Waals surface area contributed by atoms with E-state index in [-0.39, 0.29) is 35.8 Å². The van der Waals surface area contributed by atoms with Crippen molar-refractivity contribution < 1.29 is 46.2 Å². The van der Waals surface area contributed by atoms with E-state index in [4.69, 9.17) is 9.84 Å². The molecule has 1 amide bonds. The fourth-order valence-electron chi connectivity index (χ4n) is 7.34. The average molecular weight is 809 g/mol. The summed E-state index contributed by atoms with van der Waals surface area (Å²) in [7, 11) is -7.72. The van der Waals surface area contributed by atoms with Crippen LogP contribution in [0.15, 0.2) is 58.3 Å². The quantitative estimate of drug-likeness (QED) is 0.0908. The molecule has 14 nitrogen and oxygen atoms in total. The van der Waals surface area contributed by atoms with Crippen LogP contribution in [0.2, 0.25) is 0 Å². The molecule has 2 atom stereocenters. The first-order valence-electron chi connectivity index (χ1n) is 19.1. The van der Waals surface area contributed by atoms with Gasteiger partial charge in [-0.05, 0) is 73.4 Å². The van der Waals surface area contributed by atoms with Crippen molar-refractivity contribution in [2.24, 2.45) is 5.41 Å². The van der Waals surface area contributed by atoms with E-state index in [9.17, 15) is 36.3 Å². The Hall–Kier alpha value is -3.57. The van der Waals surface area contributed by atoms with Crippen molar-refractivity contribution in [2.45, 2.75) is 133 Å². The van der Waals surface area contributed by atoms with E-state index in [2.05, 4.69) is 28.6 Å². The SMILES string of the molecule is CCCCCc1ccc(S(=O)(=O)NC2(CC(=O)O)CNC2)cc1.CCCCCc1ccc(S(=O)(=O)NC2(CC(=O)OCC)CN(C(=O)O)C2C(C)(C)C)cc1. The number of aryl methyl sites for hydroxylation is 2. The highest BCUT2D eigenvalue weighted by Gasteiger charge is 2.61. The number of likely N-dealkylation sites (tertiary alicyclic amines) is 1. The van der Waals surface area contributed by atoms with Gasteiger partial charge in [0.2, 0.25) is 20.0 Å². The van der Waals surface area contributed by atoms with E-state index >= 15 is 0 Å². The monoisotopic (exact) mass is 808 g/mol. The van der Waals surface area contributed by atoms with Crippen LogP contribution in [0.25, 0.3) is 0 Å². The van der Waals surface area contributed by atoms with Crippen LogP contribution < -0.4 is 14.8 Å². The van der Waals surface area contributed by atoms with Gasteiger partial charge in [-0.2, -0.15) is 0 Å². The van der Waals surface area contributed by atoms with Crippen LogP contribution in [0.4, 0.5) is 4.79 Å². The second-order valence-corrected chi connectivity index (χ2v) is 19.0. The third-order valence-corrected chi connectivity index (χ3v) is 13.0. The summed E-state index contributed by atoms with van der Waals surface area (Å²) >= 11 is 0. The predicted octanol–water partition coefficient (Wildman–Crippen LogP) is 5.31. The van der Waals surface area contributed by atoms with Crippen molar-refractivity contribution in [3.05, 3.63) is 59.7 Å². The van der Waals surface area contributed by atoms with Crippen LogP contribution in [0, 0.1) is 5.41 Å². The maximum absolute atomic E-state index is 13.3. The third kappa shape index (κ3) is 12.7. The van der Waals surface area contributed by atoms with Gasteiger partial charge in [0, 0.05) is 19.6 Å². The summed E-state index contributed by atoms with van der Waals surface area (Å²) in [6.45, 7) is 12.1. The Morgan fingerprint density at radius 2 is 1.25 bits per heavy atom. The van der Waals surface area contributed by atoms with Crippen LogP contribution in [0.5, 0.6) is 0 Å². The first-order chi connectivity index (χ1) is 25.7. The molecular weight excluding hydrogens is 749 g/mol. The maximum atomic E-state index is 13.3. The number of carboxylic acid groups (broad SMARTS) is 2. The molecule has 2 heterocycles. The highest BCUT2D eigenvalue weighted by Crippen LogP contribution is 2.44. The van der Waals surface area contributed by atoms with Crippen molar-refractivity contribution in [3.8, 4) is 0 Å². The molecule has 0 bridgehead atoms. The number of nitrogens with zero attached hydrogens (tertiary/aromatic N) is 1. The lowest BCUT2D eigenvalue weighted by Crippen LogP contribution is -2.80. The lowest BCUT2D eigenvalue weighted by atomic mass is 9.66. The Morgan fingerprint density at radius 3 is 1.62 bits per heavy atom. The maximum Gasteiger partial charge on any atom is 0.407 e. The van der Waals surface area contributed by atoms with Crippen LogP contribution in [-0.4, -0.2) is 93.3 Å². The number of hydrogen-bond acceptors (Lipinski definition) is 9. The summed E-state index contributed by atoms with van der Waals surface area (Å²) in [6.07, 6.45) is 6.86. The Bertz CT molecular complexity index is 1810. The second-order valence-electron chi connectivity index (χ2n) is 15.7. The molecule has 308 valence electrons. The van der Waals surface area contributed by atoms with Gasteiger partial charge in [-0.3, -0.25) is 9.59 Å². The molecule has 0 saturated carbocycles. The number of nitrogens with one attached hydrogen (secondary N) is 3. The molecule has 2 fully saturated rings. The van der Waals surface area contributed by atoms with E-state index in [0.29, 0.717) is 13.1 Å². The standard InChI is InChI=1S/C23H36N2O6S.C16H24N2O4S/c1-6-8-9-10-17-11-13-18(14-12-17)32(29,30)24-23(15-19(26)31-7-2)16-25(21(27)28)20(23)22(3,4)5;1-2-3-4-5-13-6-8-14(9-7-13)23(21,22)18-16(10-15(19)20)11-17-12-16/h11-14,20,24H,6-10,15-16H2,1-5H3,(H,27,28);6-9,17-18H,2-5,10-12H2,1H3,(H,19,20). The highest BCUT2D eigenvalue weighted by atomic mass is 32.2. The minimum atomic E-state index is -4.00. The van der Waals surface area contributed by atoms with E-state index in [0.717, 1.165) is 62.5 Å². The normalized spacial score (nSPS) is 19.3. The first-order valence-corrected chi connectivity index (χ1v) is 22.0. The number of carbonyl (C=O) groups excluding carboxylic acids is 1. The fourth-order valence-corrected chi connectivity index (χ4v) is 10.1. The molecule has 2 aromatic carbocycles. The number of carbonyl (C=O) groups is 3. The number of hydrogen-bond donors (Lipinski definition) is 5. The molecule has 0 aromatic heterocycles. The number of rotatable bonds is 19. The molecule has 2 unspecified atom stereocenters. The topological polar surface area (TPSA) is 209 Å². The van der Waals surface area contributed by atoms with Gasteiger partial charge in [-0.1, -0.05) is 84.6 Å². The lowest BCUT2D eigenvalue weighted by Gasteiger charge is -2.60. The van der Waals surface area contributed by atoms with Crippen molar-refractivity contribution in [1.82, 2.24) is 19.7 Å². The summed E-state index contributed by atoms with van der Waals surface area (Å²) in [6, 6.07) is 12.8. The summed E-state index contributed by atoms with van der Waals surface area (Å²) in [5.41, 5.74) is -0.657. The first kappa shape index (κ1) is 45.8. The van der Waals surface area contributed by atoms with Crippen molar-refractivity contribution in [1.29, 1.82) is 0 Å². The number of benzene rings is 2. The molecule has 0 radical (unpaired) electrons. The number of unbranched alkanes of at least 4 members (excludes halogenated alkanes) is 4. The summed E-state index contributed by atoms with van der Waals surface area (Å²) in [4.78, 5) is 36.5. The number of carboxylic acids is 1. The second kappa shape index (κ2) is 19.5. The molecule has 2 aliphatic rings. The molecule has 4 rings (SSSR count). The smallest absolute Gasteiger partial charge is 0.407 e. The Morgan fingerprint density at radius 1 is 0.782 bits per heavy atom. The van der Waals surface area contributed by atoms with Gasteiger partial charge in [0.15, 0.2) is 0 Å². The van der Waals surface area contributed by atoms with E-state index in [1.165, 1.54) is 4.90 Å². The van der Waals surface area contributed by atoms with Gasteiger partial charge in [0.05, 0.1) is 46.4 Å². The van der Waals surface area contributed by atoms with Crippen LogP contribution in [0.3, 0.4) is 0 Å². The van der Waals surface area contributed by atoms with Gasteiger partial charge in [0.1, 0.15) is 0 Å². The molecular formula is C39H60N4O10S2. The summed E-state index contributed by atoms with van der Waals surface area (Å²) < 4.78 is 61.8. The van der Waals surface area contributed by atoms with E-state index < -0.39 is 60.6 Å². The number of sulfonamides is 2. The molecule has 55 heavy (non-hydrogen) atoms. The van der Waals surface area contributed by atoms with Crippen molar-refractivity contribution in [2.75, 3.05) is 26.2 Å². The molecule has 5 N–H and O–H groups in total. The average Bonchev–Trinajstić information content (AvgIpc) is 3.06. The van der Waals surface area contributed by atoms with Gasteiger partial charge >= 0.3 is 18.0 Å². The van der Waals surface area contributed by atoms with E-state index in [1.54, 1.807) is 43.3 Å². The predicted molar refractivity (Wildman–Crippen MR) is 210 cm³/mol. The lowest BCUT2D eigenvalue weighted by molar-refractivity contribution is -0.150. The zero-order chi connectivity index (χ0) is 41.1. The van der Waals surface area contributed by atoms with Gasteiger partial charge < -0.3 is 25.2 Å². The van der Waals surface area contributed by atoms with Crippen molar-refractivity contribution >= 4 is 38.1 Å². The number of amides is 1. The largest absolute Gasteiger partial charge is 0.481 e. The number of esters is 1. The zero-order valence-electron chi connectivity index (χ0n) is 33.0. The summed E-state index contributed by atoms with van der Waals surface area (Å²) in [5.74, 6) is -1.58. The highest BCUT2D eigenvalue weighted by molar-refractivity contribution is 7.89. The Labute approximate surface area is 326 Å². The molecule has 2 saturated heterocycles. The minimum absolute atomic E-state index is 0.0846. The molecule has 16 heteroatoms. The van der Waals surface area contributed by atoms with Crippen LogP contribution in [-0.2, 0) is 47.2 Å². The Balaban J connectivity index is 0.000000311. The van der Waals surface area contributed by atoms with Gasteiger partial charge in [-0.15, -0.1) is 0 Å². The number of aliphatic carboxylic acids is 1.